The van der Waals surface area contributed by atoms with E-state index in [4.69, 9.17) is 5.73 Å². The van der Waals surface area contributed by atoms with Gasteiger partial charge in [-0.05, 0) is 18.2 Å². The van der Waals surface area contributed by atoms with Gasteiger partial charge in [-0.3, -0.25) is 9.59 Å². The monoisotopic (exact) mass is 318 g/mol. The normalized spacial score (nSPS) is 11.0. The van der Waals surface area contributed by atoms with E-state index in [-0.39, 0.29) is 17.8 Å². The number of benzene rings is 1. The van der Waals surface area contributed by atoms with Gasteiger partial charge in [-0.15, -0.1) is 0 Å². The first kappa shape index (κ1) is 16.9. The van der Waals surface area contributed by atoms with Crippen LogP contribution in [0.4, 0.5) is 15.8 Å². The van der Waals surface area contributed by atoms with E-state index in [0.717, 1.165) is 19.2 Å². The van der Waals surface area contributed by atoms with Crippen LogP contribution in [0, 0.1) is 5.82 Å². The molecule has 0 heterocycles. The largest absolute Gasteiger partial charge is 0.469 e. The van der Waals surface area contributed by atoms with Gasteiger partial charge in [0.1, 0.15) is 11.6 Å². The van der Waals surface area contributed by atoms with Crippen LogP contribution in [-0.2, 0) is 24.2 Å². The molecule has 21 heavy (non-hydrogen) atoms. The van der Waals surface area contributed by atoms with Crippen LogP contribution in [0.2, 0.25) is 0 Å². The van der Waals surface area contributed by atoms with Crippen molar-refractivity contribution in [2.45, 2.75) is 6.42 Å². The third-order valence-corrected chi connectivity index (χ3v) is 4.01. The molecule has 0 aromatic heterocycles. The maximum absolute atomic E-state index is 13.0. The highest BCUT2D eigenvalue weighted by molar-refractivity contribution is 7.92. The molecule has 0 aliphatic rings. The van der Waals surface area contributed by atoms with Crippen molar-refractivity contribution in [1.82, 2.24) is 0 Å². The van der Waals surface area contributed by atoms with Crippen molar-refractivity contribution in [3.8, 4) is 0 Å². The number of hydrogen-bond acceptors (Lipinski definition) is 6. The van der Waals surface area contributed by atoms with Gasteiger partial charge in [0.2, 0.25) is 5.91 Å². The van der Waals surface area contributed by atoms with Gasteiger partial charge in [-0.2, -0.15) is 0 Å². The third-order valence-electron chi connectivity index (χ3n) is 2.49. The molecule has 0 spiro atoms. The second-order valence-corrected chi connectivity index (χ2v) is 6.38. The Morgan fingerprint density at radius 2 is 2.05 bits per heavy atom. The van der Waals surface area contributed by atoms with Crippen molar-refractivity contribution in [3.05, 3.63) is 24.0 Å². The molecule has 0 aliphatic carbocycles. The molecule has 0 unspecified atom stereocenters. The molecule has 0 saturated heterocycles. The molecule has 1 aromatic rings. The summed E-state index contributed by atoms with van der Waals surface area (Å²) in [6, 6.07) is 3.34. The molecule has 7 nitrogen and oxygen atoms in total. The lowest BCUT2D eigenvalue weighted by molar-refractivity contribution is -0.140. The molecular weight excluding hydrogens is 303 g/mol. The summed E-state index contributed by atoms with van der Waals surface area (Å²) >= 11 is 0. The van der Waals surface area contributed by atoms with Crippen molar-refractivity contribution in [1.29, 1.82) is 0 Å². The average molecular weight is 318 g/mol. The fraction of sp³-hybridized carbons (Fsp3) is 0.333. The average Bonchev–Trinajstić information content (AvgIpc) is 2.39. The van der Waals surface area contributed by atoms with Gasteiger partial charge < -0.3 is 15.8 Å². The van der Waals surface area contributed by atoms with E-state index >= 15 is 0 Å². The van der Waals surface area contributed by atoms with Gasteiger partial charge in [0.05, 0.1) is 30.7 Å². The highest BCUT2D eigenvalue weighted by Gasteiger charge is 2.19. The number of hydrogen-bond donors (Lipinski definition) is 2. The van der Waals surface area contributed by atoms with Crippen molar-refractivity contribution < 1.29 is 27.1 Å². The minimum absolute atomic E-state index is 0.0110. The number of carbonyl (C=O) groups excluding carboxylic acids is 2. The van der Waals surface area contributed by atoms with Gasteiger partial charge in [0.15, 0.2) is 9.84 Å². The zero-order chi connectivity index (χ0) is 16.0. The highest BCUT2D eigenvalue weighted by atomic mass is 32.2. The molecule has 0 atom stereocenters. The van der Waals surface area contributed by atoms with E-state index in [2.05, 4.69) is 10.1 Å². The van der Waals surface area contributed by atoms with Crippen LogP contribution in [-0.4, -0.2) is 38.9 Å². The number of anilines is 2. The summed E-state index contributed by atoms with van der Waals surface area (Å²) < 4.78 is 40.6. The molecule has 3 N–H and O–H groups in total. The van der Waals surface area contributed by atoms with Crippen molar-refractivity contribution in [3.63, 3.8) is 0 Å². The minimum atomic E-state index is -3.78. The number of methoxy groups -OCH3 is 1. The SMILES string of the molecule is COC(=O)CCS(=O)(=O)CC(=O)Nc1cc(F)ccc1N. The first-order chi connectivity index (χ1) is 9.73. The molecule has 1 aromatic carbocycles. The van der Waals surface area contributed by atoms with E-state index in [0.29, 0.717) is 0 Å². The van der Waals surface area contributed by atoms with E-state index in [1.165, 1.54) is 6.07 Å². The summed E-state index contributed by atoms with van der Waals surface area (Å²) in [5.41, 5.74) is 5.62. The molecule has 1 rings (SSSR count). The fourth-order valence-corrected chi connectivity index (χ4v) is 2.53. The van der Waals surface area contributed by atoms with Gasteiger partial charge >= 0.3 is 5.97 Å². The first-order valence-corrected chi connectivity index (χ1v) is 7.68. The van der Waals surface area contributed by atoms with Crippen LogP contribution in [0.3, 0.4) is 0 Å². The number of nitrogen functional groups attached to an aromatic ring is 1. The number of esters is 1. The first-order valence-electron chi connectivity index (χ1n) is 5.85. The lowest BCUT2D eigenvalue weighted by atomic mass is 10.2. The number of rotatable bonds is 6. The summed E-state index contributed by atoms with van der Waals surface area (Å²) in [5.74, 6) is -3.51. The molecular formula is C12H15FN2O5S. The number of ether oxygens (including phenoxy) is 1. The van der Waals surface area contributed by atoms with Crippen LogP contribution in [0.5, 0.6) is 0 Å². The Labute approximate surface area is 121 Å². The number of carbonyl (C=O) groups is 2. The van der Waals surface area contributed by atoms with Gasteiger partial charge in [-0.1, -0.05) is 0 Å². The van der Waals surface area contributed by atoms with Gasteiger partial charge in [-0.25, -0.2) is 12.8 Å². The zero-order valence-electron chi connectivity index (χ0n) is 11.3. The topological polar surface area (TPSA) is 116 Å². The Hall–Kier alpha value is -2.16. The number of nitrogens with two attached hydrogens (primary N) is 1. The minimum Gasteiger partial charge on any atom is -0.469 e. The van der Waals surface area contributed by atoms with Gasteiger partial charge in [0, 0.05) is 0 Å². The number of sulfone groups is 1. The molecule has 0 fully saturated rings. The van der Waals surface area contributed by atoms with Crippen LogP contribution in [0.15, 0.2) is 18.2 Å². The zero-order valence-corrected chi connectivity index (χ0v) is 12.1. The molecule has 0 bridgehead atoms. The van der Waals surface area contributed by atoms with Crippen molar-refractivity contribution in [2.24, 2.45) is 0 Å². The van der Waals surface area contributed by atoms with Gasteiger partial charge in [0.25, 0.3) is 0 Å². The summed E-state index contributed by atoms with van der Waals surface area (Å²) in [7, 11) is -2.64. The summed E-state index contributed by atoms with van der Waals surface area (Å²) in [5, 5.41) is 2.21. The van der Waals surface area contributed by atoms with Crippen LogP contribution < -0.4 is 11.1 Å². The molecule has 0 aliphatic heterocycles. The number of amides is 1. The summed E-state index contributed by atoms with van der Waals surface area (Å²) in [6.07, 6.45) is -0.339. The maximum atomic E-state index is 13.0. The van der Waals surface area contributed by atoms with E-state index in [9.17, 15) is 22.4 Å². The van der Waals surface area contributed by atoms with Crippen LogP contribution >= 0.6 is 0 Å². The smallest absolute Gasteiger partial charge is 0.306 e. The van der Waals surface area contributed by atoms with E-state index in [1.807, 2.05) is 0 Å². The van der Waals surface area contributed by atoms with E-state index in [1.54, 1.807) is 0 Å². The summed E-state index contributed by atoms with van der Waals surface area (Å²) in [4.78, 5) is 22.5. The lowest BCUT2D eigenvalue weighted by Gasteiger charge is -2.08. The number of halogens is 1. The summed E-state index contributed by atoms with van der Waals surface area (Å²) in [6.45, 7) is 0. The fourth-order valence-electron chi connectivity index (χ4n) is 1.44. The predicted octanol–water partition coefficient (Wildman–Crippen LogP) is 0.324. The Kier molecular flexibility index (Phi) is 5.65. The molecule has 116 valence electrons. The quantitative estimate of drug-likeness (QED) is 0.576. The second-order valence-electron chi connectivity index (χ2n) is 4.20. The Morgan fingerprint density at radius 1 is 1.38 bits per heavy atom. The Morgan fingerprint density at radius 3 is 2.67 bits per heavy atom. The second kappa shape index (κ2) is 7.02. The standard InChI is InChI=1S/C12H15FN2O5S/c1-20-12(17)4-5-21(18,19)7-11(16)15-10-6-8(13)2-3-9(10)14/h2-3,6H,4-5,7,14H2,1H3,(H,15,16). The predicted molar refractivity (Wildman–Crippen MR) is 74.7 cm³/mol. The third kappa shape index (κ3) is 5.78. The maximum Gasteiger partial charge on any atom is 0.306 e. The molecule has 9 heteroatoms. The molecule has 1 amide bonds. The lowest BCUT2D eigenvalue weighted by Crippen LogP contribution is -2.26. The molecule has 0 saturated carbocycles. The molecule has 0 radical (unpaired) electrons. The Bertz CT molecular complexity index is 645. The number of nitrogens with one attached hydrogen (secondary N) is 1. The van der Waals surface area contributed by atoms with E-state index < -0.39 is 39.0 Å². The van der Waals surface area contributed by atoms with Crippen LogP contribution in [0.25, 0.3) is 0 Å². The van der Waals surface area contributed by atoms with Crippen molar-refractivity contribution >= 4 is 33.1 Å². The highest BCUT2D eigenvalue weighted by Crippen LogP contribution is 2.19. The van der Waals surface area contributed by atoms with Crippen LogP contribution in [0.1, 0.15) is 6.42 Å². The Balaban J connectivity index is 2.64. The van der Waals surface area contributed by atoms with Crippen molar-refractivity contribution in [2.75, 3.05) is 29.7 Å².